The minimum atomic E-state index is -0.783. The molecule has 0 spiro atoms. The van der Waals surface area contributed by atoms with Gasteiger partial charge in [0.25, 0.3) is 0 Å². The number of benzene rings is 1. The van der Waals surface area contributed by atoms with Crippen molar-refractivity contribution in [3.63, 3.8) is 0 Å². The molecule has 1 saturated heterocycles. The van der Waals surface area contributed by atoms with Gasteiger partial charge in [0.2, 0.25) is 17.7 Å². The Hall–Kier alpha value is -3.09. The topological polar surface area (TPSA) is 111 Å². The first-order valence-electron chi connectivity index (χ1n) is 7.27. The van der Waals surface area contributed by atoms with Gasteiger partial charge in [-0.15, -0.1) is 0 Å². The fraction of sp³-hybridized carbons (Fsp3) is 0.188. The second kappa shape index (κ2) is 3.81. The molecule has 2 unspecified atom stereocenters. The van der Waals surface area contributed by atoms with Crippen molar-refractivity contribution in [1.82, 2.24) is 15.6 Å². The lowest BCUT2D eigenvalue weighted by molar-refractivity contribution is -0.126. The lowest BCUT2D eigenvalue weighted by atomic mass is 9.76. The Morgan fingerprint density at radius 3 is 2.70 bits per heavy atom. The molecule has 0 saturated carbocycles. The van der Waals surface area contributed by atoms with Crippen LogP contribution in [0.15, 0.2) is 23.8 Å². The van der Waals surface area contributed by atoms with Crippen molar-refractivity contribution in [2.45, 2.75) is 5.92 Å². The highest BCUT2D eigenvalue weighted by Gasteiger charge is 2.53. The van der Waals surface area contributed by atoms with Crippen molar-refractivity contribution in [3.05, 3.63) is 35.0 Å². The fourth-order valence-corrected chi connectivity index (χ4v) is 3.98. The second-order valence-corrected chi connectivity index (χ2v) is 6.03. The van der Waals surface area contributed by atoms with Gasteiger partial charge in [-0.1, -0.05) is 0 Å². The number of phenolic OH excluding ortho intramolecular Hbond substituents is 1. The summed E-state index contributed by atoms with van der Waals surface area (Å²) in [7, 11) is 0. The van der Waals surface area contributed by atoms with Crippen molar-refractivity contribution in [2.24, 2.45) is 5.92 Å². The van der Waals surface area contributed by atoms with Crippen LogP contribution in [0.4, 0.5) is 0 Å². The quantitative estimate of drug-likeness (QED) is 0.518. The summed E-state index contributed by atoms with van der Waals surface area (Å²) in [5.41, 5.74) is 3.24. The van der Waals surface area contributed by atoms with Crippen LogP contribution in [-0.2, 0) is 14.4 Å². The Kier molecular flexibility index (Phi) is 2.06. The van der Waals surface area contributed by atoms with E-state index in [2.05, 4.69) is 15.6 Å². The normalized spacial score (nSPS) is 25.3. The zero-order valence-corrected chi connectivity index (χ0v) is 11.8. The van der Waals surface area contributed by atoms with Crippen molar-refractivity contribution in [2.75, 3.05) is 6.54 Å². The standard InChI is InChI=1S/C16H11N3O4/c20-5-1-2-8-6(3-5)9-7-4-17-14(21)10(7)11-12(13(9)18-8)16(23)19-15(11)22/h1-3,11-12,18,20H,4H2,(H,17,21)(H,19,22,23). The number of H-pyrrole nitrogens is 1. The summed E-state index contributed by atoms with van der Waals surface area (Å²) in [6, 6.07) is 4.87. The second-order valence-electron chi connectivity index (χ2n) is 6.03. The van der Waals surface area contributed by atoms with Gasteiger partial charge in [0.15, 0.2) is 0 Å². The van der Waals surface area contributed by atoms with Gasteiger partial charge in [-0.3, -0.25) is 19.7 Å². The molecule has 3 heterocycles. The van der Waals surface area contributed by atoms with E-state index in [1.807, 2.05) is 0 Å². The number of amides is 3. The molecular weight excluding hydrogens is 298 g/mol. The molecule has 1 aliphatic carbocycles. The van der Waals surface area contributed by atoms with E-state index in [0.717, 1.165) is 22.0 Å². The molecule has 2 aromatic rings. The Bertz CT molecular complexity index is 985. The summed E-state index contributed by atoms with van der Waals surface area (Å²) in [5, 5.41) is 15.6. The maximum absolute atomic E-state index is 12.3. The smallest absolute Gasteiger partial charge is 0.248 e. The summed E-state index contributed by atoms with van der Waals surface area (Å²) in [6.45, 7) is 0.314. The largest absolute Gasteiger partial charge is 0.508 e. The SMILES string of the molecule is O=C1NCC2=C1C1C(=O)NC(=O)C1c1[nH]c3ccc(O)cc3c12. The van der Waals surface area contributed by atoms with Crippen molar-refractivity contribution >= 4 is 34.2 Å². The van der Waals surface area contributed by atoms with Gasteiger partial charge in [0, 0.05) is 34.3 Å². The molecule has 2 aliphatic heterocycles. The van der Waals surface area contributed by atoms with Crippen LogP contribution < -0.4 is 10.6 Å². The number of nitrogens with one attached hydrogen (secondary N) is 3. The number of hydrogen-bond donors (Lipinski definition) is 4. The van der Waals surface area contributed by atoms with Crippen molar-refractivity contribution in [1.29, 1.82) is 0 Å². The fourth-order valence-electron chi connectivity index (χ4n) is 3.98. The molecule has 3 amide bonds. The molecular formula is C16H11N3O4. The zero-order valence-electron chi connectivity index (χ0n) is 11.8. The third-order valence-corrected chi connectivity index (χ3v) is 4.88. The van der Waals surface area contributed by atoms with Crippen LogP contribution in [0.1, 0.15) is 17.2 Å². The highest BCUT2D eigenvalue weighted by Crippen LogP contribution is 2.49. The van der Waals surface area contributed by atoms with E-state index in [9.17, 15) is 19.5 Å². The predicted octanol–water partition coefficient (Wildman–Crippen LogP) is 0.127. The molecule has 1 fully saturated rings. The Morgan fingerprint density at radius 1 is 1.09 bits per heavy atom. The first-order valence-corrected chi connectivity index (χ1v) is 7.27. The number of hydrogen-bond acceptors (Lipinski definition) is 4. The van der Waals surface area contributed by atoms with Crippen LogP contribution >= 0.6 is 0 Å². The Morgan fingerprint density at radius 2 is 1.87 bits per heavy atom. The highest BCUT2D eigenvalue weighted by atomic mass is 16.3. The first-order chi connectivity index (χ1) is 11.1. The predicted molar refractivity (Wildman–Crippen MR) is 79.3 cm³/mol. The molecule has 7 nitrogen and oxygen atoms in total. The number of rotatable bonds is 0. The highest BCUT2D eigenvalue weighted by molar-refractivity contribution is 6.21. The van der Waals surface area contributed by atoms with Gasteiger partial charge in [-0.05, 0) is 23.8 Å². The minimum absolute atomic E-state index is 0.104. The van der Waals surface area contributed by atoms with Gasteiger partial charge in [0.1, 0.15) is 5.75 Å². The van der Waals surface area contributed by atoms with Crippen LogP contribution in [0, 0.1) is 5.92 Å². The first kappa shape index (κ1) is 12.5. The molecule has 114 valence electrons. The summed E-state index contributed by atoms with van der Waals surface area (Å²) < 4.78 is 0. The van der Waals surface area contributed by atoms with Crippen molar-refractivity contribution < 1.29 is 19.5 Å². The molecule has 5 rings (SSSR count). The van der Waals surface area contributed by atoms with E-state index in [1.54, 1.807) is 18.2 Å². The number of aromatic hydroxyl groups is 1. The van der Waals surface area contributed by atoms with Crippen LogP contribution in [-0.4, -0.2) is 34.4 Å². The number of carbonyl (C=O) groups is 3. The molecule has 23 heavy (non-hydrogen) atoms. The van der Waals surface area contributed by atoms with Gasteiger partial charge < -0.3 is 15.4 Å². The molecule has 2 atom stereocenters. The number of imide groups is 1. The molecule has 1 aromatic heterocycles. The Labute approximate surface area is 129 Å². The minimum Gasteiger partial charge on any atom is -0.508 e. The van der Waals surface area contributed by atoms with E-state index < -0.39 is 23.7 Å². The summed E-state index contributed by atoms with van der Waals surface area (Å²) in [5.74, 6) is -2.54. The number of fused-ring (bicyclic) bond motifs is 7. The van der Waals surface area contributed by atoms with Gasteiger partial charge in [0.05, 0.1) is 11.8 Å². The van der Waals surface area contributed by atoms with Gasteiger partial charge in [-0.25, -0.2) is 0 Å². The van der Waals surface area contributed by atoms with E-state index in [1.165, 1.54) is 0 Å². The maximum atomic E-state index is 12.3. The van der Waals surface area contributed by atoms with Crippen LogP contribution in [0.25, 0.3) is 16.5 Å². The summed E-state index contributed by atoms with van der Waals surface area (Å²) >= 11 is 0. The molecule has 7 heteroatoms. The molecule has 1 aromatic carbocycles. The van der Waals surface area contributed by atoms with Gasteiger partial charge in [-0.2, -0.15) is 0 Å². The van der Waals surface area contributed by atoms with E-state index >= 15 is 0 Å². The van der Waals surface area contributed by atoms with E-state index in [4.69, 9.17) is 0 Å². The van der Waals surface area contributed by atoms with Crippen molar-refractivity contribution in [3.8, 4) is 5.75 Å². The molecule has 4 N–H and O–H groups in total. The summed E-state index contributed by atoms with van der Waals surface area (Å²) in [4.78, 5) is 39.9. The zero-order chi connectivity index (χ0) is 15.9. The van der Waals surface area contributed by atoms with Gasteiger partial charge >= 0.3 is 0 Å². The third kappa shape index (κ3) is 1.37. The number of carbonyl (C=O) groups excluding carboxylic acids is 3. The molecule has 0 bridgehead atoms. The number of aromatic nitrogens is 1. The molecule has 3 aliphatic rings. The monoisotopic (exact) mass is 309 g/mol. The maximum Gasteiger partial charge on any atom is 0.248 e. The summed E-state index contributed by atoms with van der Waals surface area (Å²) in [6.07, 6.45) is 0. The average molecular weight is 309 g/mol. The Balaban J connectivity index is 1.91. The van der Waals surface area contributed by atoms with E-state index in [0.29, 0.717) is 17.8 Å². The van der Waals surface area contributed by atoms with Crippen LogP contribution in [0.5, 0.6) is 5.75 Å². The van der Waals surface area contributed by atoms with Crippen LogP contribution in [0.2, 0.25) is 0 Å². The van der Waals surface area contributed by atoms with E-state index in [-0.39, 0.29) is 11.7 Å². The number of phenols is 1. The third-order valence-electron chi connectivity index (χ3n) is 4.88. The lowest BCUT2D eigenvalue weighted by Gasteiger charge is -2.23. The lowest BCUT2D eigenvalue weighted by Crippen LogP contribution is -2.28. The number of aromatic amines is 1. The molecule has 0 radical (unpaired) electrons. The van der Waals surface area contributed by atoms with Crippen LogP contribution in [0.3, 0.4) is 0 Å². The average Bonchev–Trinajstić information content (AvgIpc) is 3.14.